The number of aromatic amines is 1. The van der Waals surface area contributed by atoms with Gasteiger partial charge in [-0.05, 0) is 37.2 Å². The fourth-order valence-electron chi connectivity index (χ4n) is 2.22. The van der Waals surface area contributed by atoms with Crippen molar-refractivity contribution in [2.24, 2.45) is 5.10 Å². The third-order valence-corrected chi connectivity index (χ3v) is 3.87. The smallest absolute Gasteiger partial charge is 0.275 e. The van der Waals surface area contributed by atoms with Crippen molar-refractivity contribution in [2.45, 2.75) is 18.9 Å². The molecule has 8 nitrogen and oxygen atoms in total. The largest absolute Gasteiger partial charge is 0.507 e. The Bertz CT molecular complexity index is 943. The number of carbonyl (C=O) groups is 1. The number of phenolic OH excluding ortho intramolecular Hbond substituents is 1. The number of hydrogen-bond acceptors (Lipinski definition) is 6. The molecule has 2 aromatic rings. The number of aromatic nitrogens is 2. The molecule has 1 aliphatic rings. The van der Waals surface area contributed by atoms with Crippen molar-refractivity contribution in [1.82, 2.24) is 15.0 Å². The Kier molecular flexibility index (Phi) is 4.17. The number of hydrogen-bond donors (Lipinski definition) is 4. The van der Waals surface area contributed by atoms with Crippen LogP contribution in [0.25, 0.3) is 0 Å². The molecule has 1 aliphatic carbocycles. The molecule has 0 aliphatic heterocycles. The van der Waals surface area contributed by atoms with Gasteiger partial charge in [0.25, 0.3) is 11.5 Å². The van der Waals surface area contributed by atoms with E-state index in [2.05, 4.69) is 15.5 Å². The van der Waals surface area contributed by atoms with Crippen LogP contribution < -0.4 is 11.0 Å². The van der Waals surface area contributed by atoms with E-state index in [0.29, 0.717) is 0 Å². The summed E-state index contributed by atoms with van der Waals surface area (Å²) in [5.41, 5.74) is 1.53. The van der Waals surface area contributed by atoms with Gasteiger partial charge in [0.15, 0.2) is 4.77 Å². The summed E-state index contributed by atoms with van der Waals surface area (Å²) in [4.78, 5) is 26.3. The van der Waals surface area contributed by atoms with Crippen LogP contribution in [0.2, 0.25) is 0 Å². The van der Waals surface area contributed by atoms with Crippen LogP contribution in [0.1, 0.15) is 34.8 Å². The summed E-state index contributed by atoms with van der Waals surface area (Å²) >= 11 is 5.04. The molecule has 1 fully saturated rings. The van der Waals surface area contributed by atoms with Crippen LogP contribution in [0.3, 0.4) is 0 Å². The van der Waals surface area contributed by atoms with Crippen LogP contribution in [0, 0.1) is 4.77 Å². The minimum absolute atomic E-state index is 0.0433. The number of nitrogens with one attached hydrogen (secondary N) is 2. The molecule has 0 atom stereocenters. The number of para-hydroxylation sites is 1. The number of hydrazone groups is 1. The molecule has 24 heavy (non-hydrogen) atoms. The third kappa shape index (κ3) is 3.06. The van der Waals surface area contributed by atoms with Gasteiger partial charge >= 0.3 is 0 Å². The van der Waals surface area contributed by atoms with Crippen LogP contribution >= 0.6 is 12.2 Å². The monoisotopic (exact) mass is 346 g/mol. The fourth-order valence-corrected chi connectivity index (χ4v) is 2.55. The highest BCUT2D eigenvalue weighted by Gasteiger charge is 2.27. The van der Waals surface area contributed by atoms with E-state index in [1.165, 1.54) is 16.7 Å². The Hall–Kier alpha value is -2.94. The molecular weight excluding hydrogens is 332 g/mol. The summed E-state index contributed by atoms with van der Waals surface area (Å²) in [5.74, 6) is -1.12. The second-order valence-corrected chi connectivity index (χ2v) is 5.70. The van der Waals surface area contributed by atoms with E-state index in [1.54, 1.807) is 12.1 Å². The second kappa shape index (κ2) is 6.28. The lowest BCUT2D eigenvalue weighted by atomic mass is 10.2. The minimum Gasteiger partial charge on any atom is -0.507 e. The average Bonchev–Trinajstić information content (AvgIpc) is 3.35. The van der Waals surface area contributed by atoms with Crippen LogP contribution in [0.15, 0.2) is 34.2 Å². The van der Waals surface area contributed by atoms with E-state index < -0.39 is 11.5 Å². The highest BCUT2D eigenvalue weighted by molar-refractivity contribution is 7.71. The summed E-state index contributed by atoms with van der Waals surface area (Å²) in [6.07, 6.45) is 2.78. The summed E-state index contributed by atoms with van der Waals surface area (Å²) < 4.78 is 1.61. The van der Waals surface area contributed by atoms with E-state index >= 15 is 0 Å². The van der Waals surface area contributed by atoms with Crippen molar-refractivity contribution in [3.05, 3.63) is 50.5 Å². The quantitative estimate of drug-likeness (QED) is 0.379. The minimum atomic E-state index is -0.643. The predicted octanol–water partition coefficient (Wildman–Crippen LogP) is 1.42. The van der Waals surface area contributed by atoms with Crippen molar-refractivity contribution in [3.63, 3.8) is 0 Å². The van der Waals surface area contributed by atoms with Gasteiger partial charge in [-0.3, -0.25) is 19.1 Å². The van der Waals surface area contributed by atoms with Gasteiger partial charge in [-0.1, -0.05) is 12.1 Å². The second-order valence-electron chi connectivity index (χ2n) is 5.31. The Balaban J connectivity index is 1.84. The van der Waals surface area contributed by atoms with Crippen LogP contribution in [-0.2, 0) is 0 Å². The normalized spacial score (nSPS) is 14.0. The highest BCUT2D eigenvalue weighted by atomic mass is 32.1. The number of H-pyrrole nitrogens is 1. The van der Waals surface area contributed by atoms with Crippen LogP contribution in [0.5, 0.6) is 11.6 Å². The maximum absolute atomic E-state index is 11.9. The first-order chi connectivity index (χ1) is 11.5. The van der Waals surface area contributed by atoms with Crippen molar-refractivity contribution in [1.29, 1.82) is 0 Å². The van der Waals surface area contributed by atoms with Gasteiger partial charge in [0.05, 0.1) is 11.8 Å². The summed E-state index contributed by atoms with van der Waals surface area (Å²) in [6.45, 7) is 0. The lowest BCUT2D eigenvalue weighted by Gasteiger charge is -2.09. The Labute approximate surface area is 141 Å². The molecule has 3 rings (SSSR count). The van der Waals surface area contributed by atoms with Gasteiger partial charge in [-0.15, -0.1) is 0 Å². The maximum atomic E-state index is 11.9. The van der Waals surface area contributed by atoms with Crippen molar-refractivity contribution in [2.75, 3.05) is 0 Å². The predicted molar refractivity (Wildman–Crippen MR) is 89.0 cm³/mol. The fraction of sp³-hybridized carbons (Fsp3) is 0.200. The first kappa shape index (κ1) is 15.9. The van der Waals surface area contributed by atoms with Gasteiger partial charge in [-0.2, -0.15) is 5.10 Å². The highest BCUT2D eigenvalue weighted by Crippen LogP contribution is 2.37. The lowest BCUT2D eigenvalue weighted by Crippen LogP contribution is -2.21. The molecule has 1 saturated carbocycles. The van der Waals surface area contributed by atoms with Crippen molar-refractivity contribution >= 4 is 24.3 Å². The van der Waals surface area contributed by atoms with Crippen LogP contribution in [-0.4, -0.2) is 31.9 Å². The Morgan fingerprint density at radius 2 is 2.08 bits per heavy atom. The van der Waals surface area contributed by atoms with Crippen molar-refractivity contribution < 1.29 is 15.0 Å². The molecule has 0 spiro atoms. The first-order valence-electron chi connectivity index (χ1n) is 7.18. The summed E-state index contributed by atoms with van der Waals surface area (Å²) in [6, 6.07) is 6.04. The molecule has 4 N–H and O–H groups in total. The standard InChI is InChI=1S/C15H14N4O4S/c20-11-4-2-1-3-9(11)13(22)18-16-7-10-12(21)17-15(24)19(14(10)23)8-5-6-8/h1-4,7-8,20,23H,5-6H2,(H,18,22)(H,17,21,24)/b16-7-. The number of nitrogens with zero attached hydrogens (tertiary/aromatic N) is 2. The number of rotatable bonds is 4. The van der Waals surface area contributed by atoms with Crippen LogP contribution in [0.4, 0.5) is 0 Å². The SMILES string of the molecule is O=C(N/N=C\c1c(O)n(C2CC2)c(=S)[nH]c1=O)c1ccccc1O. The topological polar surface area (TPSA) is 120 Å². The first-order valence-corrected chi connectivity index (χ1v) is 7.59. The molecule has 9 heteroatoms. The van der Waals surface area contributed by atoms with Crippen molar-refractivity contribution in [3.8, 4) is 11.6 Å². The third-order valence-electron chi connectivity index (χ3n) is 3.57. The zero-order valence-corrected chi connectivity index (χ0v) is 13.2. The Morgan fingerprint density at radius 3 is 2.75 bits per heavy atom. The molecule has 124 valence electrons. The molecule has 0 unspecified atom stereocenters. The number of carbonyl (C=O) groups excluding carboxylic acids is 1. The van der Waals surface area contributed by atoms with E-state index in [4.69, 9.17) is 12.2 Å². The molecule has 0 bridgehead atoms. The van der Waals surface area contributed by atoms with E-state index in [9.17, 15) is 19.8 Å². The average molecular weight is 346 g/mol. The molecule has 1 aromatic carbocycles. The molecule has 1 amide bonds. The molecule has 0 saturated heterocycles. The van der Waals surface area contributed by atoms with E-state index in [1.807, 2.05) is 0 Å². The molecular formula is C15H14N4O4S. The maximum Gasteiger partial charge on any atom is 0.275 e. The lowest BCUT2D eigenvalue weighted by molar-refractivity contribution is 0.0952. The van der Waals surface area contributed by atoms with Gasteiger partial charge in [0.2, 0.25) is 5.88 Å². The van der Waals surface area contributed by atoms with Gasteiger partial charge in [0, 0.05) is 6.04 Å². The van der Waals surface area contributed by atoms with E-state index in [0.717, 1.165) is 19.1 Å². The van der Waals surface area contributed by atoms with E-state index in [-0.39, 0.29) is 33.6 Å². The Morgan fingerprint density at radius 1 is 1.38 bits per heavy atom. The molecule has 1 heterocycles. The summed E-state index contributed by atoms with van der Waals surface area (Å²) in [7, 11) is 0. The van der Waals surface area contributed by atoms with Gasteiger partial charge in [-0.25, -0.2) is 5.43 Å². The molecule has 0 radical (unpaired) electrons. The number of benzene rings is 1. The number of aromatic hydroxyl groups is 2. The number of phenols is 1. The summed E-state index contributed by atoms with van der Waals surface area (Å²) in [5, 5.41) is 23.5. The van der Waals surface area contributed by atoms with Gasteiger partial charge < -0.3 is 10.2 Å². The van der Waals surface area contributed by atoms with Gasteiger partial charge in [0.1, 0.15) is 11.3 Å². The zero-order chi connectivity index (χ0) is 17.3. The molecule has 1 aromatic heterocycles. The zero-order valence-electron chi connectivity index (χ0n) is 12.4. The number of amides is 1.